The van der Waals surface area contributed by atoms with Gasteiger partial charge in [0.25, 0.3) is 5.91 Å². The van der Waals surface area contributed by atoms with Crippen molar-refractivity contribution in [3.05, 3.63) is 60.2 Å². The summed E-state index contributed by atoms with van der Waals surface area (Å²) in [4.78, 5) is 18.3. The SMILES string of the molecule is CC(C)Oc1cccc(-c2cc(C(=O)N[C@@H](C)[C@H]3C[C@@H]4CC[C@@H]3C4)c3ccccc3n2)c1. The van der Waals surface area contributed by atoms with Crippen molar-refractivity contribution >= 4 is 16.8 Å². The number of hydrogen-bond acceptors (Lipinski definition) is 3. The molecule has 3 aromatic rings. The Bertz CT molecular complexity index is 1140. The summed E-state index contributed by atoms with van der Waals surface area (Å²) < 4.78 is 5.87. The molecule has 0 aliphatic heterocycles. The number of rotatable bonds is 6. The van der Waals surface area contributed by atoms with E-state index in [-0.39, 0.29) is 18.1 Å². The van der Waals surface area contributed by atoms with Crippen LogP contribution in [-0.4, -0.2) is 23.0 Å². The minimum atomic E-state index is -0.00490. The molecule has 2 fully saturated rings. The van der Waals surface area contributed by atoms with Crippen LogP contribution in [0.4, 0.5) is 0 Å². The maximum Gasteiger partial charge on any atom is 0.252 e. The molecular formula is C28H32N2O2. The summed E-state index contributed by atoms with van der Waals surface area (Å²) in [7, 11) is 0. The first-order valence-corrected chi connectivity index (χ1v) is 12.0. The molecule has 1 N–H and O–H groups in total. The molecule has 0 saturated heterocycles. The number of amides is 1. The second-order valence-corrected chi connectivity index (χ2v) is 9.87. The molecule has 5 rings (SSSR count). The Morgan fingerprint density at radius 1 is 1.03 bits per heavy atom. The maximum atomic E-state index is 13.5. The van der Waals surface area contributed by atoms with E-state index in [1.165, 1.54) is 25.7 Å². The standard InChI is InChI=1S/C28H32N2O2/c1-17(2)32-22-8-6-7-21(15-22)27-16-25(23-9-4-5-10-26(23)30-27)28(31)29-18(3)24-14-19-11-12-20(24)13-19/h4-10,15-20,24H,11-14H2,1-3H3,(H,29,31)/t18-,19+,20+,24+/m0/s1. The van der Waals surface area contributed by atoms with Crippen LogP contribution in [0.15, 0.2) is 54.6 Å². The summed E-state index contributed by atoms with van der Waals surface area (Å²) in [6.07, 6.45) is 5.41. The molecule has 2 aromatic carbocycles. The van der Waals surface area contributed by atoms with E-state index in [4.69, 9.17) is 9.72 Å². The number of carbonyl (C=O) groups is 1. The highest BCUT2D eigenvalue weighted by atomic mass is 16.5. The number of hydrogen-bond donors (Lipinski definition) is 1. The molecular weight excluding hydrogens is 396 g/mol. The normalized spacial score (nSPS) is 22.9. The van der Waals surface area contributed by atoms with Gasteiger partial charge in [-0.2, -0.15) is 0 Å². The summed E-state index contributed by atoms with van der Waals surface area (Å²) >= 11 is 0. The van der Waals surface area contributed by atoms with Gasteiger partial charge >= 0.3 is 0 Å². The third-order valence-electron chi connectivity index (χ3n) is 7.26. The molecule has 2 bridgehead atoms. The Hall–Kier alpha value is -2.88. The number of pyridine rings is 1. The smallest absolute Gasteiger partial charge is 0.252 e. The number of para-hydroxylation sites is 1. The number of nitrogens with zero attached hydrogens (tertiary/aromatic N) is 1. The number of nitrogens with one attached hydrogen (secondary N) is 1. The molecule has 2 saturated carbocycles. The largest absolute Gasteiger partial charge is 0.491 e. The lowest BCUT2D eigenvalue weighted by molar-refractivity contribution is 0.0917. The maximum absolute atomic E-state index is 13.5. The molecule has 4 atom stereocenters. The third-order valence-corrected chi connectivity index (χ3v) is 7.26. The number of carbonyl (C=O) groups excluding carboxylic acids is 1. The molecule has 1 heterocycles. The van der Waals surface area contributed by atoms with E-state index < -0.39 is 0 Å². The quantitative estimate of drug-likeness (QED) is 0.505. The number of benzene rings is 2. The van der Waals surface area contributed by atoms with E-state index in [0.29, 0.717) is 11.5 Å². The van der Waals surface area contributed by atoms with Crippen molar-refractivity contribution in [1.29, 1.82) is 0 Å². The van der Waals surface area contributed by atoms with Gasteiger partial charge in [0.2, 0.25) is 0 Å². The Morgan fingerprint density at radius 3 is 2.62 bits per heavy atom. The van der Waals surface area contributed by atoms with Crippen LogP contribution in [-0.2, 0) is 0 Å². The lowest BCUT2D eigenvalue weighted by Gasteiger charge is -2.28. The van der Waals surface area contributed by atoms with Crippen LogP contribution in [0, 0.1) is 17.8 Å². The Balaban J connectivity index is 1.46. The first-order valence-electron chi connectivity index (χ1n) is 12.0. The highest BCUT2D eigenvalue weighted by Crippen LogP contribution is 2.49. The third kappa shape index (κ3) is 4.11. The van der Waals surface area contributed by atoms with Gasteiger partial charge in [0.05, 0.1) is 22.9 Å². The van der Waals surface area contributed by atoms with Gasteiger partial charge in [0, 0.05) is 17.0 Å². The second kappa shape index (κ2) is 8.57. The van der Waals surface area contributed by atoms with E-state index in [2.05, 4.69) is 12.2 Å². The molecule has 0 spiro atoms. The highest BCUT2D eigenvalue weighted by Gasteiger charge is 2.42. The van der Waals surface area contributed by atoms with Gasteiger partial charge in [-0.1, -0.05) is 36.8 Å². The lowest BCUT2D eigenvalue weighted by Crippen LogP contribution is -2.40. The molecule has 1 aromatic heterocycles. The molecule has 0 unspecified atom stereocenters. The molecule has 0 radical (unpaired) electrons. The first-order chi connectivity index (χ1) is 15.5. The van der Waals surface area contributed by atoms with Gasteiger partial charge in [0.1, 0.15) is 5.75 Å². The minimum Gasteiger partial charge on any atom is -0.491 e. The van der Waals surface area contributed by atoms with E-state index >= 15 is 0 Å². The van der Waals surface area contributed by atoms with Crippen LogP contribution in [0.3, 0.4) is 0 Å². The fourth-order valence-electron chi connectivity index (χ4n) is 5.81. The Kier molecular flexibility index (Phi) is 5.62. The Labute approximate surface area is 190 Å². The summed E-state index contributed by atoms with van der Waals surface area (Å²) in [5.74, 6) is 3.06. The predicted molar refractivity (Wildman–Crippen MR) is 129 cm³/mol. The van der Waals surface area contributed by atoms with Gasteiger partial charge in [-0.05, 0) is 82.1 Å². The summed E-state index contributed by atoms with van der Waals surface area (Å²) in [5, 5.41) is 4.23. The van der Waals surface area contributed by atoms with Crippen LogP contribution in [0.2, 0.25) is 0 Å². The Morgan fingerprint density at radius 2 is 1.88 bits per heavy atom. The lowest BCUT2D eigenvalue weighted by atomic mass is 9.84. The van der Waals surface area contributed by atoms with E-state index in [1.807, 2.05) is 68.4 Å². The van der Waals surface area contributed by atoms with Crippen molar-refractivity contribution in [1.82, 2.24) is 10.3 Å². The first kappa shape index (κ1) is 21.0. The van der Waals surface area contributed by atoms with Gasteiger partial charge in [-0.3, -0.25) is 4.79 Å². The van der Waals surface area contributed by atoms with Crippen LogP contribution in [0.25, 0.3) is 22.2 Å². The average molecular weight is 429 g/mol. The molecule has 2 aliphatic rings. The topological polar surface area (TPSA) is 51.2 Å². The van der Waals surface area contributed by atoms with Crippen molar-refractivity contribution in [3.8, 4) is 17.0 Å². The van der Waals surface area contributed by atoms with E-state index in [9.17, 15) is 4.79 Å². The number of fused-ring (bicyclic) bond motifs is 3. The average Bonchev–Trinajstić information content (AvgIpc) is 3.42. The monoisotopic (exact) mass is 428 g/mol. The van der Waals surface area contributed by atoms with Gasteiger partial charge in [-0.25, -0.2) is 4.98 Å². The van der Waals surface area contributed by atoms with Crippen LogP contribution >= 0.6 is 0 Å². The van der Waals surface area contributed by atoms with Gasteiger partial charge in [0.15, 0.2) is 0 Å². The molecule has 4 nitrogen and oxygen atoms in total. The fourth-order valence-corrected chi connectivity index (χ4v) is 5.81. The zero-order chi connectivity index (χ0) is 22.2. The number of aromatic nitrogens is 1. The summed E-state index contributed by atoms with van der Waals surface area (Å²) in [6.45, 7) is 6.21. The molecule has 4 heteroatoms. The van der Waals surface area contributed by atoms with Crippen LogP contribution in [0.5, 0.6) is 5.75 Å². The molecule has 32 heavy (non-hydrogen) atoms. The summed E-state index contributed by atoms with van der Waals surface area (Å²) in [6, 6.07) is 18.0. The predicted octanol–water partition coefficient (Wildman–Crippen LogP) is 6.24. The zero-order valence-corrected chi connectivity index (χ0v) is 19.2. The van der Waals surface area contributed by atoms with Crippen molar-refractivity contribution in [2.24, 2.45) is 17.8 Å². The van der Waals surface area contributed by atoms with Crippen molar-refractivity contribution < 1.29 is 9.53 Å². The molecule has 2 aliphatic carbocycles. The van der Waals surface area contributed by atoms with Crippen molar-refractivity contribution in [2.45, 2.75) is 58.6 Å². The van der Waals surface area contributed by atoms with E-state index in [1.54, 1.807) is 0 Å². The van der Waals surface area contributed by atoms with Crippen LogP contribution in [0.1, 0.15) is 56.8 Å². The van der Waals surface area contributed by atoms with Crippen molar-refractivity contribution in [3.63, 3.8) is 0 Å². The second-order valence-electron chi connectivity index (χ2n) is 9.87. The van der Waals surface area contributed by atoms with Gasteiger partial charge in [-0.15, -0.1) is 0 Å². The fraction of sp³-hybridized carbons (Fsp3) is 0.429. The summed E-state index contributed by atoms with van der Waals surface area (Å²) in [5.41, 5.74) is 3.26. The van der Waals surface area contributed by atoms with Gasteiger partial charge < -0.3 is 10.1 Å². The molecule has 1 amide bonds. The number of ether oxygens (including phenoxy) is 1. The van der Waals surface area contributed by atoms with Crippen molar-refractivity contribution in [2.75, 3.05) is 0 Å². The highest BCUT2D eigenvalue weighted by molar-refractivity contribution is 6.07. The van der Waals surface area contributed by atoms with E-state index in [0.717, 1.165) is 39.7 Å². The molecule has 166 valence electrons. The zero-order valence-electron chi connectivity index (χ0n) is 19.2. The van der Waals surface area contributed by atoms with Crippen LogP contribution < -0.4 is 10.1 Å². The minimum absolute atomic E-state index is 0.00490.